The molecular weight excluding hydrogens is 228 g/mol. The van der Waals surface area contributed by atoms with Gasteiger partial charge in [0.25, 0.3) is 0 Å². The number of aliphatic hydroxyl groups is 1. The quantitative estimate of drug-likeness (QED) is 0.829. The van der Waals surface area contributed by atoms with Crippen molar-refractivity contribution >= 4 is 11.8 Å². The summed E-state index contributed by atoms with van der Waals surface area (Å²) < 4.78 is 0. The molecule has 0 fully saturated rings. The van der Waals surface area contributed by atoms with Gasteiger partial charge in [-0.2, -0.15) is 0 Å². The van der Waals surface area contributed by atoms with Crippen molar-refractivity contribution < 1.29 is 5.11 Å². The predicted octanol–water partition coefficient (Wildman–Crippen LogP) is 3.80. The molecule has 1 nitrogen and oxygen atoms in total. The molecule has 0 spiro atoms. The number of thioether (sulfide) groups is 1. The van der Waals surface area contributed by atoms with E-state index in [-0.39, 0.29) is 0 Å². The van der Waals surface area contributed by atoms with Gasteiger partial charge >= 0.3 is 0 Å². The maximum Gasteiger partial charge on any atom is 0.105 e. The molecule has 17 heavy (non-hydrogen) atoms. The molecule has 2 aromatic carbocycles. The largest absolute Gasteiger partial charge is 0.384 e. The molecular formula is C15H16OS. The summed E-state index contributed by atoms with van der Waals surface area (Å²) >= 11 is 1.66. The van der Waals surface area contributed by atoms with Crippen molar-refractivity contribution in [1.29, 1.82) is 0 Å². The van der Waals surface area contributed by atoms with E-state index in [4.69, 9.17) is 0 Å². The third-order valence-corrected chi connectivity index (χ3v) is 3.73. The summed E-state index contributed by atoms with van der Waals surface area (Å²) in [4.78, 5) is 1.13. The Balaban J connectivity index is 2.44. The highest BCUT2D eigenvalue weighted by Gasteiger charge is 2.15. The molecule has 1 unspecified atom stereocenters. The predicted molar refractivity (Wildman–Crippen MR) is 73.5 cm³/mol. The van der Waals surface area contributed by atoms with Crippen molar-refractivity contribution in [2.24, 2.45) is 0 Å². The Morgan fingerprint density at radius 2 is 1.53 bits per heavy atom. The lowest BCUT2D eigenvalue weighted by molar-refractivity contribution is 0.216. The van der Waals surface area contributed by atoms with Crippen LogP contribution >= 0.6 is 11.8 Å². The van der Waals surface area contributed by atoms with Crippen LogP contribution in [-0.2, 0) is 0 Å². The molecule has 2 rings (SSSR count). The minimum Gasteiger partial charge on any atom is -0.384 e. The molecule has 0 heterocycles. The topological polar surface area (TPSA) is 20.2 Å². The highest BCUT2D eigenvalue weighted by molar-refractivity contribution is 7.98. The van der Waals surface area contributed by atoms with E-state index in [0.717, 1.165) is 21.6 Å². The van der Waals surface area contributed by atoms with E-state index in [0.29, 0.717) is 0 Å². The summed E-state index contributed by atoms with van der Waals surface area (Å²) in [5, 5.41) is 10.5. The lowest BCUT2D eigenvalue weighted by atomic mass is 9.98. The number of aliphatic hydroxyl groups excluding tert-OH is 1. The van der Waals surface area contributed by atoms with Gasteiger partial charge in [-0.15, -0.1) is 11.8 Å². The zero-order valence-electron chi connectivity index (χ0n) is 10.1. The molecule has 2 heteroatoms. The molecule has 0 radical (unpaired) electrons. The summed E-state index contributed by atoms with van der Waals surface area (Å²) in [6.07, 6.45) is 1.49. The number of rotatable bonds is 3. The van der Waals surface area contributed by atoms with Crippen molar-refractivity contribution in [1.82, 2.24) is 0 Å². The van der Waals surface area contributed by atoms with Gasteiger partial charge in [-0.1, -0.05) is 42.5 Å². The Kier molecular flexibility index (Phi) is 3.87. The molecule has 0 saturated carbocycles. The van der Waals surface area contributed by atoms with Gasteiger partial charge < -0.3 is 5.11 Å². The van der Waals surface area contributed by atoms with Gasteiger partial charge in [-0.3, -0.25) is 0 Å². The minimum atomic E-state index is -0.542. The summed E-state index contributed by atoms with van der Waals surface area (Å²) in [5.41, 5.74) is 3.08. The fourth-order valence-electron chi connectivity index (χ4n) is 1.95. The highest BCUT2D eigenvalue weighted by Crippen LogP contribution is 2.31. The fraction of sp³-hybridized carbons (Fsp3) is 0.200. The van der Waals surface area contributed by atoms with Crippen LogP contribution in [0.15, 0.2) is 53.4 Å². The Bertz CT molecular complexity index is 508. The standard InChI is InChI=1S/C15H16OS/c1-11-7-3-4-8-12(11)15(16)13-9-5-6-10-14(13)17-2/h3-10,15-16H,1-2H3. The van der Waals surface area contributed by atoms with Gasteiger partial charge in [0, 0.05) is 4.90 Å². The lowest BCUT2D eigenvalue weighted by Crippen LogP contribution is -2.03. The molecule has 1 N–H and O–H groups in total. The molecule has 0 aromatic heterocycles. The molecule has 0 amide bonds. The smallest absolute Gasteiger partial charge is 0.105 e. The summed E-state index contributed by atoms with van der Waals surface area (Å²) in [6.45, 7) is 2.03. The number of aryl methyl sites for hydroxylation is 1. The average Bonchev–Trinajstić information content (AvgIpc) is 2.38. The van der Waals surface area contributed by atoms with Crippen LogP contribution in [0.3, 0.4) is 0 Å². The molecule has 0 bridgehead atoms. The van der Waals surface area contributed by atoms with E-state index >= 15 is 0 Å². The molecule has 0 aliphatic rings. The molecule has 88 valence electrons. The third-order valence-electron chi connectivity index (χ3n) is 2.92. The lowest BCUT2D eigenvalue weighted by Gasteiger charge is -2.16. The van der Waals surface area contributed by atoms with E-state index in [1.165, 1.54) is 0 Å². The average molecular weight is 244 g/mol. The van der Waals surface area contributed by atoms with E-state index < -0.39 is 6.10 Å². The van der Waals surface area contributed by atoms with E-state index in [2.05, 4.69) is 0 Å². The van der Waals surface area contributed by atoms with Crippen molar-refractivity contribution in [2.45, 2.75) is 17.9 Å². The summed E-state index contributed by atoms with van der Waals surface area (Å²) in [6, 6.07) is 16.0. The summed E-state index contributed by atoms with van der Waals surface area (Å²) in [5.74, 6) is 0. The molecule has 1 atom stereocenters. The van der Waals surface area contributed by atoms with E-state index in [1.807, 2.05) is 61.7 Å². The van der Waals surface area contributed by atoms with E-state index in [9.17, 15) is 5.11 Å². The Hall–Kier alpha value is -1.25. The van der Waals surface area contributed by atoms with Crippen LogP contribution in [0.25, 0.3) is 0 Å². The van der Waals surface area contributed by atoms with Crippen LogP contribution in [-0.4, -0.2) is 11.4 Å². The van der Waals surface area contributed by atoms with Crippen LogP contribution in [0.4, 0.5) is 0 Å². The minimum absolute atomic E-state index is 0.542. The van der Waals surface area contributed by atoms with Gasteiger partial charge in [0.15, 0.2) is 0 Å². The first-order valence-corrected chi connectivity index (χ1v) is 6.83. The van der Waals surface area contributed by atoms with Gasteiger partial charge in [0.2, 0.25) is 0 Å². The van der Waals surface area contributed by atoms with Gasteiger partial charge in [0.05, 0.1) is 0 Å². The zero-order valence-corrected chi connectivity index (χ0v) is 10.9. The van der Waals surface area contributed by atoms with Crippen molar-refractivity contribution in [3.05, 3.63) is 65.2 Å². The number of benzene rings is 2. The van der Waals surface area contributed by atoms with Gasteiger partial charge in [-0.05, 0) is 35.9 Å². The number of hydrogen-bond donors (Lipinski definition) is 1. The summed E-state index contributed by atoms with van der Waals surface area (Å²) in [7, 11) is 0. The monoisotopic (exact) mass is 244 g/mol. The molecule has 0 aliphatic carbocycles. The molecule has 0 aliphatic heterocycles. The highest BCUT2D eigenvalue weighted by atomic mass is 32.2. The Morgan fingerprint density at radius 1 is 0.941 bits per heavy atom. The van der Waals surface area contributed by atoms with E-state index in [1.54, 1.807) is 11.8 Å². The Morgan fingerprint density at radius 3 is 2.18 bits per heavy atom. The van der Waals surface area contributed by atoms with Crippen LogP contribution in [0, 0.1) is 6.92 Å². The molecule has 2 aromatic rings. The van der Waals surface area contributed by atoms with Gasteiger partial charge in [-0.25, -0.2) is 0 Å². The second kappa shape index (κ2) is 5.39. The normalized spacial score (nSPS) is 12.4. The SMILES string of the molecule is CSc1ccccc1C(O)c1ccccc1C. The van der Waals surface area contributed by atoms with Crippen molar-refractivity contribution in [3.8, 4) is 0 Å². The van der Waals surface area contributed by atoms with Gasteiger partial charge in [0.1, 0.15) is 6.10 Å². The number of hydrogen-bond acceptors (Lipinski definition) is 2. The molecule has 0 saturated heterocycles. The maximum absolute atomic E-state index is 10.5. The Labute approximate surface area is 107 Å². The maximum atomic E-state index is 10.5. The van der Waals surface area contributed by atoms with Crippen molar-refractivity contribution in [3.63, 3.8) is 0 Å². The fourth-order valence-corrected chi connectivity index (χ4v) is 2.58. The van der Waals surface area contributed by atoms with Crippen molar-refractivity contribution in [2.75, 3.05) is 6.26 Å². The first-order chi connectivity index (χ1) is 8.24. The van der Waals surface area contributed by atoms with Crippen LogP contribution < -0.4 is 0 Å². The van der Waals surface area contributed by atoms with Crippen LogP contribution in [0.5, 0.6) is 0 Å². The third kappa shape index (κ3) is 2.54. The van der Waals surface area contributed by atoms with Crippen LogP contribution in [0.2, 0.25) is 0 Å². The zero-order chi connectivity index (χ0) is 12.3. The second-order valence-electron chi connectivity index (χ2n) is 4.00. The van der Waals surface area contributed by atoms with Crippen LogP contribution in [0.1, 0.15) is 22.8 Å². The first kappa shape index (κ1) is 12.2. The first-order valence-electron chi connectivity index (χ1n) is 5.60. The second-order valence-corrected chi connectivity index (χ2v) is 4.85.